The van der Waals surface area contributed by atoms with Crippen LogP contribution in [0, 0.1) is 27.7 Å². The van der Waals surface area contributed by atoms with E-state index in [0.717, 1.165) is 0 Å². The molecule has 96 valence electrons. The number of hydrogen-bond acceptors (Lipinski definition) is 2. The molecule has 1 aromatic carbocycles. The lowest BCUT2D eigenvalue weighted by atomic mass is 9.95. The van der Waals surface area contributed by atoms with Crippen LogP contribution in [0.1, 0.15) is 38.0 Å². The zero-order valence-corrected chi connectivity index (χ0v) is 12.6. The van der Waals surface area contributed by atoms with E-state index in [1.807, 2.05) is 18.4 Å². The molecule has 0 fully saturated rings. The molecule has 1 aromatic heterocycles. The van der Waals surface area contributed by atoms with Crippen molar-refractivity contribution in [1.82, 2.24) is 5.32 Å². The monoisotopic (exact) mass is 259 g/mol. The fourth-order valence-electron chi connectivity index (χ4n) is 2.35. The largest absolute Gasteiger partial charge is 0.309 e. The van der Waals surface area contributed by atoms with E-state index in [0.29, 0.717) is 6.04 Å². The maximum Gasteiger partial charge on any atom is 0.0671 e. The van der Waals surface area contributed by atoms with Crippen molar-refractivity contribution >= 4 is 11.3 Å². The molecule has 1 unspecified atom stereocenters. The van der Waals surface area contributed by atoms with E-state index in [1.54, 1.807) is 0 Å². The first kappa shape index (κ1) is 13.3. The van der Waals surface area contributed by atoms with Gasteiger partial charge >= 0.3 is 0 Å². The molecule has 0 amide bonds. The highest BCUT2D eigenvalue weighted by atomic mass is 32.1. The number of aryl methyl sites for hydroxylation is 4. The lowest BCUT2D eigenvalue weighted by molar-refractivity contribution is 0.698. The Morgan fingerprint density at radius 2 is 1.61 bits per heavy atom. The Hall–Kier alpha value is -1.12. The highest BCUT2D eigenvalue weighted by Gasteiger charge is 2.16. The Kier molecular flexibility index (Phi) is 3.88. The molecule has 0 aliphatic heterocycles. The molecule has 2 heteroatoms. The van der Waals surface area contributed by atoms with Crippen LogP contribution in [0.15, 0.2) is 24.3 Å². The number of benzene rings is 1. The topological polar surface area (TPSA) is 12.0 Å². The molecule has 0 aliphatic carbocycles. The number of hydrogen-bond donors (Lipinski definition) is 1. The Bertz CT molecular complexity index is 554. The molecule has 0 bridgehead atoms. The van der Waals surface area contributed by atoms with Crippen LogP contribution in [0.4, 0.5) is 0 Å². The highest BCUT2D eigenvalue weighted by molar-refractivity contribution is 7.12. The first-order valence-corrected chi connectivity index (χ1v) is 7.16. The molecule has 18 heavy (non-hydrogen) atoms. The van der Waals surface area contributed by atoms with Crippen LogP contribution in [-0.4, -0.2) is 7.05 Å². The van der Waals surface area contributed by atoms with Crippen LogP contribution in [0.5, 0.6) is 0 Å². The zero-order valence-electron chi connectivity index (χ0n) is 11.8. The minimum Gasteiger partial charge on any atom is -0.309 e. The van der Waals surface area contributed by atoms with Crippen LogP contribution in [-0.2, 0) is 0 Å². The normalized spacial score (nSPS) is 12.7. The summed E-state index contributed by atoms with van der Waals surface area (Å²) in [6.45, 7) is 8.72. The van der Waals surface area contributed by atoms with Crippen LogP contribution in [0.25, 0.3) is 0 Å². The SMILES string of the molecule is CNC(c1ccc(C)s1)c1cc(C)c(C)cc1C. The summed E-state index contributed by atoms with van der Waals surface area (Å²) in [5, 5.41) is 3.45. The van der Waals surface area contributed by atoms with Gasteiger partial charge in [0, 0.05) is 9.75 Å². The molecule has 0 spiro atoms. The van der Waals surface area contributed by atoms with E-state index in [9.17, 15) is 0 Å². The van der Waals surface area contributed by atoms with Gasteiger partial charge in [0.25, 0.3) is 0 Å². The van der Waals surface area contributed by atoms with Crippen LogP contribution < -0.4 is 5.32 Å². The van der Waals surface area contributed by atoms with Crippen LogP contribution >= 0.6 is 11.3 Å². The summed E-state index contributed by atoms with van der Waals surface area (Å²) in [5.74, 6) is 0. The lowest BCUT2D eigenvalue weighted by Crippen LogP contribution is -2.17. The number of rotatable bonds is 3. The molecule has 1 nitrogen and oxygen atoms in total. The van der Waals surface area contributed by atoms with Gasteiger partial charge in [0.1, 0.15) is 0 Å². The summed E-state index contributed by atoms with van der Waals surface area (Å²) in [4.78, 5) is 2.76. The van der Waals surface area contributed by atoms with Crippen LogP contribution in [0.3, 0.4) is 0 Å². The summed E-state index contributed by atoms with van der Waals surface area (Å²) >= 11 is 1.87. The molecule has 1 atom stereocenters. The molecule has 0 saturated heterocycles. The molecular weight excluding hydrogens is 238 g/mol. The fourth-order valence-corrected chi connectivity index (χ4v) is 3.36. The summed E-state index contributed by atoms with van der Waals surface area (Å²) in [6, 6.07) is 9.34. The van der Waals surface area contributed by atoms with Gasteiger partial charge in [-0.1, -0.05) is 12.1 Å². The van der Waals surface area contributed by atoms with E-state index < -0.39 is 0 Å². The van der Waals surface area contributed by atoms with Gasteiger partial charge < -0.3 is 5.32 Å². The van der Waals surface area contributed by atoms with Gasteiger partial charge in [-0.05, 0) is 69.1 Å². The molecule has 1 heterocycles. The molecule has 2 aromatic rings. The summed E-state index contributed by atoms with van der Waals surface area (Å²) < 4.78 is 0. The average Bonchev–Trinajstić information content (AvgIpc) is 2.73. The van der Waals surface area contributed by atoms with Crippen molar-refractivity contribution in [2.75, 3.05) is 7.05 Å². The zero-order chi connectivity index (χ0) is 13.3. The molecule has 0 saturated carbocycles. The maximum absolute atomic E-state index is 3.45. The third-order valence-corrected chi connectivity index (χ3v) is 4.59. The molecule has 2 rings (SSSR count). The quantitative estimate of drug-likeness (QED) is 0.867. The van der Waals surface area contributed by atoms with E-state index >= 15 is 0 Å². The van der Waals surface area contributed by atoms with Crippen molar-refractivity contribution in [3.05, 3.63) is 56.3 Å². The maximum atomic E-state index is 3.45. The first-order chi connectivity index (χ1) is 8.52. The van der Waals surface area contributed by atoms with Gasteiger partial charge in [0.05, 0.1) is 6.04 Å². The Morgan fingerprint density at radius 1 is 0.944 bits per heavy atom. The summed E-state index contributed by atoms with van der Waals surface area (Å²) in [6.07, 6.45) is 0. The second-order valence-corrected chi connectivity index (χ2v) is 6.28. The molecule has 1 N–H and O–H groups in total. The second kappa shape index (κ2) is 5.25. The van der Waals surface area contributed by atoms with E-state index in [1.165, 1.54) is 32.0 Å². The molecule has 0 radical (unpaired) electrons. The molecular formula is C16H21NS. The minimum atomic E-state index is 0.308. The lowest BCUT2D eigenvalue weighted by Gasteiger charge is -2.19. The van der Waals surface area contributed by atoms with Crippen molar-refractivity contribution in [2.45, 2.75) is 33.7 Å². The van der Waals surface area contributed by atoms with Crippen molar-refractivity contribution in [2.24, 2.45) is 0 Å². The highest BCUT2D eigenvalue weighted by Crippen LogP contribution is 2.31. The van der Waals surface area contributed by atoms with Crippen molar-refractivity contribution in [3.8, 4) is 0 Å². The van der Waals surface area contributed by atoms with E-state index in [4.69, 9.17) is 0 Å². The van der Waals surface area contributed by atoms with Gasteiger partial charge in [0.2, 0.25) is 0 Å². The van der Waals surface area contributed by atoms with E-state index in [-0.39, 0.29) is 0 Å². The van der Waals surface area contributed by atoms with Gasteiger partial charge in [-0.3, -0.25) is 0 Å². The Morgan fingerprint density at radius 3 is 2.17 bits per heavy atom. The summed E-state index contributed by atoms with van der Waals surface area (Å²) in [7, 11) is 2.04. The van der Waals surface area contributed by atoms with Crippen LogP contribution in [0.2, 0.25) is 0 Å². The minimum absolute atomic E-state index is 0.308. The summed E-state index contributed by atoms with van der Waals surface area (Å²) in [5.41, 5.74) is 5.49. The van der Waals surface area contributed by atoms with Crippen molar-refractivity contribution in [1.29, 1.82) is 0 Å². The van der Waals surface area contributed by atoms with E-state index in [2.05, 4.69) is 57.3 Å². The third kappa shape index (κ3) is 2.50. The average molecular weight is 259 g/mol. The smallest absolute Gasteiger partial charge is 0.0671 e. The fraction of sp³-hybridized carbons (Fsp3) is 0.375. The van der Waals surface area contributed by atoms with Gasteiger partial charge in [0.15, 0.2) is 0 Å². The Balaban J connectivity index is 2.48. The van der Waals surface area contributed by atoms with Crippen molar-refractivity contribution in [3.63, 3.8) is 0 Å². The standard InChI is InChI=1S/C16H21NS/c1-10-8-12(3)14(9-11(10)2)16(17-5)15-7-6-13(4)18-15/h6-9,16-17H,1-5H3. The van der Waals surface area contributed by atoms with Gasteiger partial charge in [-0.25, -0.2) is 0 Å². The first-order valence-electron chi connectivity index (χ1n) is 6.34. The number of thiophene rings is 1. The number of nitrogens with one attached hydrogen (secondary N) is 1. The Labute approximate surface area is 114 Å². The predicted octanol–water partition coefficient (Wildman–Crippen LogP) is 4.29. The predicted molar refractivity (Wildman–Crippen MR) is 80.6 cm³/mol. The van der Waals surface area contributed by atoms with Crippen molar-refractivity contribution < 1.29 is 0 Å². The van der Waals surface area contributed by atoms with Gasteiger partial charge in [-0.15, -0.1) is 11.3 Å². The molecule has 0 aliphatic rings. The second-order valence-electron chi connectivity index (χ2n) is 4.96. The van der Waals surface area contributed by atoms with Gasteiger partial charge in [-0.2, -0.15) is 0 Å². The third-order valence-electron chi connectivity index (χ3n) is 3.53.